The minimum Gasteiger partial charge on any atom is -0.495 e. The minimum atomic E-state index is -0.931. The molecular weight excluding hydrogens is 230 g/mol. The van der Waals surface area contributed by atoms with E-state index in [2.05, 4.69) is 0 Å². The highest BCUT2D eigenvalue weighted by Gasteiger charge is 2.06. The monoisotopic (exact) mass is 243 g/mol. The second kappa shape index (κ2) is 5.61. The van der Waals surface area contributed by atoms with Gasteiger partial charge < -0.3 is 14.7 Å². The third-order valence-corrected chi connectivity index (χ3v) is 2.57. The van der Waals surface area contributed by atoms with Crippen molar-refractivity contribution in [3.8, 4) is 5.75 Å². The summed E-state index contributed by atoms with van der Waals surface area (Å²) in [7, 11) is 3.09. The third-order valence-electron chi connectivity index (χ3n) is 2.28. The average Bonchev–Trinajstić information content (AvgIpc) is 2.25. The number of hydrogen-bond acceptors (Lipinski definition) is 2. The summed E-state index contributed by atoms with van der Waals surface area (Å²) < 4.78 is 5.03. The van der Waals surface area contributed by atoms with Crippen molar-refractivity contribution >= 4 is 17.7 Å². The molecule has 1 rings (SSSR count). The van der Waals surface area contributed by atoms with Crippen LogP contribution in [0, 0.1) is 0 Å². The summed E-state index contributed by atoms with van der Waals surface area (Å²) in [5.41, 5.74) is 0.985. The van der Waals surface area contributed by atoms with Crippen LogP contribution in [0.15, 0.2) is 18.2 Å². The van der Waals surface area contributed by atoms with E-state index in [1.165, 1.54) is 11.9 Å². The number of likely N-dealkylation sites (N-methyl/N-ethyl adjacent to an activating group) is 1. The summed E-state index contributed by atoms with van der Waals surface area (Å²) in [6.45, 7) is 0.442. The van der Waals surface area contributed by atoms with Crippen molar-refractivity contribution in [2.24, 2.45) is 0 Å². The minimum absolute atomic E-state index is 0.442. The summed E-state index contributed by atoms with van der Waals surface area (Å²) in [6.07, 6.45) is -0.299. The van der Waals surface area contributed by atoms with Gasteiger partial charge in [0.05, 0.1) is 12.1 Å². The van der Waals surface area contributed by atoms with E-state index in [-0.39, 0.29) is 0 Å². The van der Waals surface area contributed by atoms with Crippen molar-refractivity contribution in [1.29, 1.82) is 0 Å². The van der Waals surface area contributed by atoms with Crippen molar-refractivity contribution in [3.05, 3.63) is 28.8 Å². The summed E-state index contributed by atoms with van der Waals surface area (Å²) in [6, 6.07) is 5.44. The van der Waals surface area contributed by atoms with E-state index in [1.54, 1.807) is 19.2 Å². The lowest BCUT2D eigenvalue weighted by atomic mass is 10.1. The first-order chi connectivity index (χ1) is 7.54. The Bertz CT molecular complexity index is 381. The molecule has 0 bridgehead atoms. The van der Waals surface area contributed by atoms with Gasteiger partial charge in [0.1, 0.15) is 5.75 Å². The molecule has 5 heteroatoms. The van der Waals surface area contributed by atoms with Crippen LogP contribution in [0.4, 0.5) is 4.79 Å². The highest BCUT2D eigenvalue weighted by atomic mass is 35.5. The molecule has 1 amide bonds. The zero-order valence-electron chi connectivity index (χ0n) is 9.24. The van der Waals surface area contributed by atoms with E-state index >= 15 is 0 Å². The Kier molecular flexibility index (Phi) is 4.43. The molecule has 16 heavy (non-hydrogen) atoms. The van der Waals surface area contributed by atoms with Gasteiger partial charge in [-0.15, -0.1) is 0 Å². The number of nitrogens with zero attached hydrogens (tertiary/aromatic N) is 1. The SMILES string of the molecule is COc1ccc(CCN(C)C(=O)O)cc1Cl. The molecular formula is C11H14ClNO3. The molecule has 0 atom stereocenters. The van der Waals surface area contributed by atoms with Crippen molar-refractivity contribution in [2.45, 2.75) is 6.42 Å². The molecule has 4 nitrogen and oxygen atoms in total. The normalized spacial score (nSPS) is 9.94. The molecule has 1 N–H and O–H groups in total. The van der Waals surface area contributed by atoms with Crippen LogP contribution < -0.4 is 4.74 Å². The molecule has 0 aliphatic carbocycles. The van der Waals surface area contributed by atoms with Gasteiger partial charge in [-0.1, -0.05) is 17.7 Å². The molecule has 0 aliphatic heterocycles. The lowest BCUT2D eigenvalue weighted by Gasteiger charge is -2.13. The molecule has 0 saturated carbocycles. The fourth-order valence-corrected chi connectivity index (χ4v) is 1.54. The largest absolute Gasteiger partial charge is 0.495 e. The number of carbonyl (C=O) groups is 1. The van der Waals surface area contributed by atoms with E-state index in [0.717, 1.165) is 5.56 Å². The molecule has 0 radical (unpaired) electrons. The Morgan fingerprint density at radius 3 is 2.75 bits per heavy atom. The Labute approximate surface area is 99.4 Å². The quantitative estimate of drug-likeness (QED) is 0.884. The molecule has 0 fully saturated rings. The first-order valence-corrected chi connectivity index (χ1v) is 5.19. The van der Waals surface area contributed by atoms with Gasteiger partial charge in [0.2, 0.25) is 0 Å². The van der Waals surface area contributed by atoms with Crippen LogP contribution in [0.3, 0.4) is 0 Å². The van der Waals surface area contributed by atoms with Gasteiger partial charge in [-0.25, -0.2) is 4.79 Å². The van der Waals surface area contributed by atoms with Gasteiger partial charge in [0.25, 0.3) is 0 Å². The molecule has 0 aromatic heterocycles. The number of rotatable bonds is 4. The van der Waals surface area contributed by atoms with Crippen molar-refractivity contribution in [3.63, 3.8) is 0 Å². The number of halogens is 1. The molecule has 0 unspecified atom stereocenters. The lowest BCUT2D eigenvalue weighted by Crippen LogP contribution is -2.26. The van der Waals surface area contributed by atoms with Crippen LogP contribution in [-0.2, 0) is 6.42 Å². The Morgan fingerprint density at radius 2 is 2.25 bits per heavy atom. The van der Waals surface area contributed by atoms with Crippen LogP contribution in [0.25, 0.3) is 0 Å². The van der Waals surface area contributed by atoms with E-state index in [4.69, 9.17) is 21.4 Å². The van der Waals surface area contributed by atoms with E-state index < -0.39 is 6.09 Å². The second-order valence-electron chi connectivity index (χ2n) is 3.42. The van der Waals surface area contributed by atoms with Crippen LogP contribution >= 0.6 is 11.6 Å². The van der Waals surface area contributed by atoms with Gasteiger partial charge in [0, 0.05) is 13.6 Å². The second-order valence-corrected chi connectivity index (χ2v) is 3.83. The zero-order valence-corrected chi connectivity index (χ0v) is 9.99. The van der Waals surface area contributed by atoms with Crippen molar-refractivity contribution in [2.75, 3.05) is 20.7 Å². The summed E-state index contributed by atoms with van der Waals surface area (Å²) >= 11 is 5.95. The van der Waals surface area contributed by atoms with Crippen LogP contribution in [0.2, 0.25) is 5.02 Å². The summed E-state index contributed by atoms with van der Waals surface area (Å²) in [5.74, 6) is 0.622. The van der Waals surface area contributed by atoms with Crippen molar-refractivity contribution < 1.29 is 14.6 Å². The molecule has 0 saturated heterocycles. The lowest BCUT2D eigenvalue weighted by molar-refractivity contribution is 0.156. The smallest absolute Gasteiger partial charge is 0.407 e. The summed E-state index contributed by atoms with van der Waals surface area (Å²) in [4.78, 5) is 11.8. The van der Waals surface area contributed by atoms with Gasteiger partial charge in [0.15, 0.2) is 0 Å². The number of hydrogen-bond donors (Lipinski definition) is 1. The topological polar surface area (TPSA) is 49.8 Å². The maximum absolute atomic E-state index is 10.6. The Morgan fingerprint density at radius 1 is 1.56 bits per heavy atom. The first kappa shape index (κ1) is 12.6. The Hall–Kier alpha value is -1.42. The van der Waals surface area contributed by atoms with Gasteiger partial charge in [-0.05, 0) is 24.1 Å². The Balaban J connectivity index is 2.62. The fraction of sp³-hybridized carbons (Fsp3) is 0.364. The maximum Gasteiger partial charge on any atom is 0.407 e. The number of amides is 1. The molecule has 0 spiro atoms. The average molecular weight is 244 g/mol. The predicted molar refractivity (Wildman–Crippen MR) is 62.4 cm³/mol. The van der Waals surface area contributed by atoms with Gasteiger partial charge in [-0.2, -0.15) is 0 Å². The highest BCUT2D eigenvalue weighted by Crippen LogP contribution is 2.25. The number of ether oxygens (including phenoxy) is 1. The van der Waals surface area contributed by atoms with E-state index in [9.17, 15) is 4.79 Å². The zero-order chi connectivity index (χ0) is 12.1. The van der Waals surface area contributed by atoms with E-state index in [0.29, 0.717) is 23.7 Å². The van der Waals surface area contributed by atoms with Crippen molar-refractivity contribution in [1.82, 2.24) is 4.90 Å². The van der Waals surface area contributed by atoms with Crippen LogP contribution in [0.1, 0.15) is 5.56 Å². The maximum atomic E-state index is 10.6. The standard InChI is InChI=1S/C11H14ClNO3/c1-13(11(14)15)6-5-8-3-4-10(16-2)9(12)7-8/h3-4,7H,5-6H2,1-2H3,(H,14,15). The first-order valence-electron chi connectivity index (χ1n) is 4.81. The fourth-order valence-electron chi connectivity index (χ4n) is 1.26. The number of methoxy groups -OCH3 is 1. The highest BCUT2D eigenvalue weighted by molar-refractivity contribution is 6.32. The number of benzene rings is 1. The molecule has 1 aromatic carbocycles. The number of carboxylic acid groups (broad SMARTS) is 1. The van der Waals surface area contributed by atoms with Crippen LogP contribution in [0.5, 0.6) is 5.75 Å². The molecule has 1 aromatic rings. The third kappa shape index (κ3) is 3.31. The predicted octanol–water partition coefficient (Wildman–Crippen LogP) is 2.50. The van der Waals surface area contributed by atoms with Gasteiger partial charge >= 0.3 is 6.09 Å². The molecule has 88 valence electrons. The van der Waals surface area contributed by atoms with Gasteiger partial charge in [-0.3, -0.25) is 0 Å². The summed E-state index contributed by atoms with van der Waals surface area (Å²) in [5, 5.41) is 9.22. The van der Waals surface area contributed by atoms with Crippen LogP contribution in [-0.4, -0.2) is 36.8 Å². The van der Waals surface area contributed by atoms with E-state index in [1.807, 2.05) is 6.07 Å². The molecule has 0 heterocycles. The molecule has 0 aliphatic rings.